The molecule has 0 bridgehead atoms. The topological polar surface area (TPSA) is 20.3 Å². The molecule has 2 fully saturated rings. The highest BCUT2D eigenvalue weighted by Gasteiger charge is 2.38. The van der Waals surface area contributed by atoms with Crippen LogP contribution in [0.15, 0.2) is 12.3 Å². The fraction of sp³-hybridized carbons (Fsp3) is 0.769. The molecule has 0 aromatic heterocycles. The van der Waals surface area contributed by atoms with Crippen LogP contribution in [-0.4, -0.2) is 22.8 Å². The van der Waals surface area contributed by atoms with Crippen molar-refractivity contribution in [3.63, 3.8) is 0 Å². The van der Waals surface area contributed by atoms with Crippen LogP contribution < -0.4 is 0 Å². The monoisotopic (exact) mass is 205 g/mol. The molecule has 3 atom stereocenters. The molecule has 2 heterocycles. The number of carbonyl (C=O) groups is 1. The van der Waals surface area contributed by atoms with Gasteiger partial charge in [-0.1, -0.05) is 12.8 Å². The van der Waals surface area contributed by atoms with Gasteiger partial charge in [-0.25, -0.2) is 0 Å². The molecule has 2 nitrogen and oxygen atoms in total. The van der Waals surface area contributed by atoms with Crippen molar-refractivity contribution < 1.29 is 4.79 Å². The average Bonchev–Trinajstić information content (AvgIpc) is 2.28. The van der Waals surface area contributed by atoms with E-state index in [2.05, 4.69) is 11.1 Å². The molecule has 0 aromatic carbocycles. The van der Waals surface area contributed by atoms with Crippen LogP contribution in [0.1, 0.15) is 44.9 Å². The maximum atomic E-state index is 11.4. The first-order chi connectivity index (χ1) is 7.34. The van der Waals surface area contributed by atoms with Gasteiger partial charge in [0.1, 0.15) is 0 Å². The Balaban J connectivity index is 1.82. The quantitative estimate of drug-likeness (QED) is 0.605. The van der Waals surface area contributed by atoms with Crippen molar-refractivity contribution in [1.82, 2.24) is 4.90 Å². The number of hydrogen-bond acceptors (Lipinski definition) is 2. The van der Waals surface area contributed by atoms with Crippen molar-refractivity contribution in [3.8, 4) is 0 Å². The Bertz CT molecular complexity index is 297. The molecule has 0 radical (unpaired) electrons. The standard InChI is InChI=1S/C13H19NO/c15-12-7-8-14-11(9-12)6-5-10-3-1-2-4-13(10)14/h7-8,10-11,13H,1-6,9H2/t10-,11-,13+/m1/s1. The predicted molar refractivity (Wildman–Crippen MR) is 59.4 cm³/mol. The number of ketones is 1. The summed E-state index contributed by atoms with van der Waals surface area (Å²) in [5, 5.41) is 0. The van der Waals surface area contributed by atoms with Crippen LogP contribution >= 0.6 is 0 Å². The molecule has 1 saturated carbocycles. The summed E-state index contributed by atoms with van der Waals surface area (Å²) in [5.74, 6) is 1.23. The summed E-state index contributed by atoms with van der Waals surface area (Å²) < 4.78 is 0. The second kappa shape index (κ2) is 3.66. The third kappa shape index (κ3) is 1.60. The van der Waals surface area contributed by atoms with Crippen molar-refractivity contribution in [2.45, 2.75) is 57.0 Å². The first-order valence-corrected chi connectivity index (χ1v) is 6.33. The van der Waals surface area contributed by atoms with Gasteiger partial charge in [0, 0.05) is 24.7 Å². The zero-order chi connectivity index (χ0) is 10.3. The van der Waals surface area contributed by atoms with Gasteiger partial charge in [0.25, 0.3) is 0 Å². The average molecular weight is 205 g/mol. The SMILES string of the molecule is O=C1C=CN2[C@H](CC[C@H]3CCCC[C@@H]32)C1. The molecule has 0 N–H and O–H groups in total. The van der Waals surface area contributed by atoms with Crippen molar-refractivity contribution >= 4 is 5.78 Å². The Labute approximate surface area is 91.3 Å². The minimum Gasteiger partial charge on any atom is -0.371 e. The Morgan fingerprint density at radius 3 is 2.93 bits per heavy atom. The highest BCUT2D eigenvalue weighted by molar-refractivity contribution is 5.90. The van der Waals surface area contributed by atoms with E-state index in [0.29, 0.717) is 11.8 Å². The van der Waals surface area contributed by atoms with Gasteiger partial charge in [-0.05, 0) is 37.7 Å². The summed E-state index contributed by atoms with van der Waals surface area (Å²) >= 11 is 0. The predicted octanol–water partition coefficient (Wildman–Crippen LogP) is 2.50. The summed E-state index contributed by atoms with van der Waals surface area (Å²) in [6, 6.07) is 1.28. The third-order valence-corrected chi connectivity index (χ3v) is 4.41. The maximum absolute atomic E-state index is 11.4. The summed E-state index contributed by atoms with van der Waals surface area (Å²) in [7, 11) is 0. The van der Waals surface area contributed by atoms with Gasteiger partial charge in [-0.2, -0.15) is 0 Å². The molecule has 3 aliphatic rings. The lowest BCUT2D eigenvalue weighted by Gasteiger charge is -2.49. The van der Waals surface area contributed by atoms with Gasteiger partial charge >= 0.3 is 0 Å². The number of fused-ring (bicyclic) bond motifs is 3. The van der Waals surface area contributed by atoms with Crippen molar-refractivity contribution in [2.75, 3.05) is 0 Å². The molecule has 0 aromatic rings. The molecule has 1 saturated heterocycles. The van der Waals surface area contributed by atoms with Crippen LogP contribution in [0, 0.1) is 5.92 Å². The first kappa shape index (κ1) is 9.44. The molecule has 0 unspecified atom stereocenters. The Morgan fingerprint density at radius 2 is 2.00 bits per heavy atom. The van der Waals surface area contributed by atoms with E-state index in [1.807, 2.05) is 0 Å². The molecule has 15 heavy (non-hydrogen) atoms. The smallest absolute Gasteiger partial charge is 0.159 e. The number of hydrogen-bond donors (Lipinski definition) is 0. The summed E-state index contributed by atoms with van der Waals surface area (Å²) in [4.78, 5) is 13.9. The number of rotatable bonds is 0. The lowest BCUT2D eigenvalue weighted by molar-refractivity contribution is -0.117. The largest absolute Gasteiger partial charge is 0.371 e. The molecule has 0 spiro atoms. The number of allylic oxidation sites excluding steroid dienone is 1. The molecule has 2 aliphatic heterocycles. The van der Waals surface area contributed by atoms with Crippen LogP contribution in [-0.2, 0) is 4.79 Å². The lowest BCUT2D eigenvalue weighted by atomic mass is 9.75. The molecular weight excluding hydrogens is 186 g/mol. The van der Waals surface area contributed by atoms with Crippen LogP contribution in [0.2, 0.25) is 0 Å². The number of carbonyl (C=O) groups excluding carboxylic acids is 1. The molecule has 0 amide bonds. The Kier molecular flexibility index (Phi) is 2.30. The van der Waals surface area contributed by atoms with E-state index in [-0.39, 0.29) is 0 Å². The second-order valence-corrected chi connectivity index (χ2v) is 5.28. The fourth-order valence-electron chi connectivity index (χ4n) is 3.65. The van der Waals surface area contributed by atoms with E-state index in [1.165, 1.54) is 38.5 Å². The molecule has 82 valence electrons. The van der Waals surface area contributed by atoms with E-state index < -0.39 is 0 Å². The van der Waals surface area contributed by atoms with Crippen molar-refractivity contribution in [1.29, 1.82) is 0 Å². The third-order valence-electron chi connectivity index (χ3n) is 4.41. The minimum atomic E-state index is 0.325. The van der Waals surface area contributed by atoms with Gasteiger partial charge in [0.2, 0.25) is 0 Å². The molecule has 1 aliphatic carbocycles. The summed E-state index contributed by atoms with van der Waals surface area (Å²) in [6.45, 7) is 0. The van der Waals surface area contributed by atoms with E-state index >= 15 is 0 Å². The van der Waals surface area contributed by atoms with Gasteiger partial charge in [-0.3, -0.25) is 4.79 Å². The van der Waals surface area contributed by atoms with E-state index in [0.717, 1.165) is 18.4 Å². The normalized spacial score (nSPS) is 39.9. The summed E-state index contributed by atoms with van der Waals surface area (Å²) in [6.07, 6.45) is 12.8. The van der Waals surface area contributed by atoms with Crippen LogP contribution in [0.4, 0.5) is 0 Å². The van der Waals surface area contributed by atoms with E-state index in [1.54, 1.807) is 6.08 Å². The minimum absolute atomic E-state index is 0.325. The zero-order valence-corrected chi connectivity index (χ0v) is 9.19. The van der Waals surface area contributed by atoms with E-state index in [4.69, 9.17) is 0 Å². The Hall–Kier alpha value is -0.790. The van der Waals surface area contributed by atoms with Crippen molar-refractivity contribution in [3.05, 3.63) is 12.3 Å². The fourth-order valence-corrected chi connectivity index (χ4v) is 3.65. The molecule has 3 rings (SSSR count). The second-order valence-electron chi connectivity index (χ2n) is 5.28. The highest BCUT2D eigenvalue weighted by Crippen LogP contribution is 2.39. The maximum Gasteiger partial charge on any atom is 0.159 e. The number of piperidine rings is 1. The van der Waals surface area contributed by atoms with Crippen LogP contribution in [0.25, 0.3) is 0 Å². The van der Waals surface area contributed by atoms with Crippen LogP contribution in [0.5, 0.6) is 0 Å². The van der Waals surface area contributed by atoms with E-state index in [9.17, 15) is 4.79 Å². The van der Waals surface area contributed by atoms with Gasteiger partial charge in [-0.15, -0.1) is 0 Å². The summed E-state index contributed by atoms with van der Waals surface area (Å²) in [5.41, 5.74) is 0. The van der Waals surface area contributed by atoms with Crippen molar-refractivity contribution in [2.24, 2.45) is 5.92 Å². The first-order valence-electron chi connectivity index (χ1n) is 6.33. The van der Waals surface area contributed by atoms with Gasteiger partial charge < -0.3 is 4.90 Å². The van der Waals surface area contributed by atoms with Gasteiger partial charge in [0.05, 0.1) is 0 Å². The van der Waals surface area contributed by atoms with Crippen LogP contribution in [0.3, 0.4) is 0 Å². The van der Waals surface area contributed by atoms with Gasteiger partial charge in [0.15, 0.2) is 5.78 Å². The zero-order valence-electron chi connectivity index (χ0n) is 9.19. The highest BCUT2D eigenvalue weighted by atomic mass is 16.1. The number of nitrogens with zero attached hydrogens (tertiary/aromatic N) is 1. The molecule has 2 heteroatoms. The molecular formula is C13H19NO. The lowest BCUT2D eigenvalue weighted by Crippen LogP contribution is -2.51. The Morgan fingerprint density at radius 1 is 1.13 bits per heavy atom.